The third-order valence-corrected chi connectivity index (χ3v) is 3.97. The van der Waals surface area contributed by atoms with Gasteiger partial charge in [0.05, 0.1) is 35.9 Å². The van der Waals surface area contributed by atoms with Gasteiger partial charge in [0, 0.05) is 6.04 Å². The number of nitrogens with zero attached hydrogens (tertiary/aromatic N) is 3. The number of aliphatic hydroxyl groups excluding tert-OH is 1. The molecule has 0 spiro atoms. The van der Waals surface area contributed by atoms with Crippen molar-refractivity contribution in [2.24, 2.45) is 0 Å². The van der Waals surface area contributed by atoms with E-state index < -0.39 is 0 Å². The van der Waals surface area contributed by atoms with E-state index in [9.17, 15) is 4.79 Å². The molecule has 23 heavy (non-hydrogen) atoms. The van der Waals surface area contributed by atoms with Crippen LogP contribution in [0, 0.1) is 13.8 Å². The first-order valence-electron chi connectivity index (χ1n) is 7.66. The van der Waals surface area contributed by atoms with Gasteiger partial charge in [-0.3, -0.25) is 9.69 Å². The highest BCUT2D eigenvalue weighted by molar-refractivity contribution is 5.93. The van der Waals surface area contributed by atoms with Gasteiger partial charge in [-0.2, -0.15) is 5.10 Å². The first kappa shape index (κ1) is 17.2. The monoisotopic (exact) mass is 316 g/mol. The number of para-hydroxylation sites is 1. The van der Waals surface area contributed by atoms with Gasteiger partial charge < -0.3 is 10.4 Å². The molecule has 1 heterocycles. The van der Waals surface area contributed by atoms with Crippen molar-refractivity contribution in [2.75, 3.05) is 25.5 Å². The van der Waals surface area contributed by atoms with Crippen molar-refractivity contribution >= 4 is 11.6 Å². The lowest BCUT2D eigenvalue weighted by Gasteiger charge is -2.22. The predicted molar refractivity (Wildman–Crippen MR) is 90.8 cm³/mol. The Kier molecular flexibility index (Phi) is 5.52. The standard InChI is InChI=1S/C17H24N4O2/c1-12(11-22)20(4)10-16(23)18-17-13(2)19-21(14(17)3)15-8-6-5-7-9-15/h5-9,12,22H,10-11H2,1-4H3,(H,18,23). The van der Waals surface area contributed by atoms with Crippen LogP contribution in [0.2, 0.25) is 0 Å². The van der Waals surface area contributed by atoms with Gasteiger partial charge in [-0.1, -0.05) is 18.2 Å². The van der Waals surface area contributed by atoms with Crippen LogP contribution >= 0.6 is 0 Å². The summed E-state index contributed by atoms with van der Waals surface area (Å²) >= 11 is 0. The number of carbonyl (C=O) groups is 1. The number of nitrogens with one attached hydrogen (secondary N) is 1. The minimum atomic E-state index is -0.119. The van der Waals surface area contributed by atoms with E-state index in [1.54, 1.807) is 0 Å². The molecule has 124 valence electrons. The molecule has 0 radical (unpaired) electrons. The Hall–Kier alpha value is -2.18. The number of anilines is 1. The molecule has 1 amide bonds. The van der Waals surface area contributed by atoms with Crippen LogP contribution in [-0.2, 0) is 4.79 Å². The Morgan fingerprint density at radius 2 is 2.00 bits per heavy atom. The molecule has 2 rings (SSSR count). The quantitative estimate of drug-likeness (QED) is 0.851. The number of aliphatic hydroxyl groups is 1. The van der Waals surface area contributed by atoms with E-state index in [1.165, 1.54) is 0 Å². The number of rotatable bonds is 6. The smallest absolute Gasteiger partial charge is 0.238 e. The number of benzene rings is 1. The molecule has 1 atom stereocenters. The van der Waals surface area contributed by atoms with Crippen molar-refractivity contribution in [3.05, 3.63) is 41.7 Å². The maximum Gasteiger partial charge on any atom is 0.238 e. The van der Waals surface area contributed by atoms with Crippen LogP contribution < -0.4 is 5.32 Å². The number of hydrogen-bond acceptors (Lipinski definition) is 4. The average molecular weight is 316 g/mol. The van der Waals surface area contributed by atoms with Gasteiger partial charge >= 0.3 is 0 Å². The number of hydrogen-bond donors (Lipinski definition) is 2. The maximum absolute atomic E-state index is 12.2. The second-order valence-electron chi connectivity index (χ2n) is 5.79. The molecule has 2 N–H and O–H groups in total. The lowest BCUT2D eigenvalue weighted by molar-refractivity contribution is -0.117. The summed E-state index contributed by atoms with van der Waals surface area (Å²) in [6, 6.07) is 9.75. The normalized spacial score (nSPS) is 12.4. The van der Waals surface area contributed by atoms with Gasteiger partial charge in [-0.15, -0.1) is 0 Å². The van der Waals surface area contributed by atoms with E-state index in [-0.39, 0.29) is 25.1 Å². The molecule has 1 aromatic heterocycles. The fraction of sp³-hybridized carbons (Fsp3) is 0.412. The number of carbonyl (C=O) groups excluding carboxylic acids is 1. The molecule has 0 fully saturated rings. The van der Waals surface area contributed by atoms with Gasteiger partial charge in [0.1, 0.15) is 0 Å². The van der Waals surface area contributed by atoms with Crippen molar-refractivity contribution in [3.8, 4) is 5.69 Å². The summed E-state index contributed by atoms with van der Waals surface area (Å²) in [6.07, 6.45) is 0. The van der Waals surface area contributed by atoms with Crippen molar-refractivity contribution in [2.45, 2.75) is 26.8 Å². The van der Waals surface area contributed by atoms with Gasteiger partial charge in [-0.25, -0.2) is 4.68 Å². The molecule has 0 saturated carbocycles. The highest BCUT2D eigenvalue weighted by atomic mass is 16.3. The topological polar surface area (TPSA) is 70.4 Å². The molecule has 0 aliphatic heterocycles. The zero-order chi connectivity index (χ0) is 17.0. The van der Waals surface area contributed by atoms with Crippen molar-refractivity contribution in [1.29, 1.82) is 0 Å². The largest absolute Gasteiger partial charge is 0.395 e. The van der Waals surface area contributed by atoms with Gasteiger partial charge in [0.25, 0.3) is 0 Å². The fourth-order valence-corrected chi connectivity index (χ4v) is 2.34. The molecule has 0 bridgehead atoms. The Labute approximate surface area is 136 Å². The minimum absolute atomic E-state index is 0.0216. The number of aromatic nitrogens is 2. The van der Waals surface area contributed by atoms with Gasteiger partial charge in [-0.05, 0) is 40.0 Å². The van der Waals surface area contributed by atoms with Gasteiger partial charge in [0.15, 0.2) is 0 Å². The zero-order valence-corrected chi connectivity index (χ0v) is 14.1. The van der Waals surface area contributed by atoms with Crippen molar-refractivity contribution in [1.82, 2.24) is 14.7 Å². The van der Waals surface area contributed by atoms with E-state index in [0.717, 1.165) is 22.8 Å². The van der Waals surface area contributed by atoms with Crippen LogP contribution in [0.25, 0.3) is 5.69 Å². The third-order valence-electron chi connectivity index (χ3n) is 3.97. The Balaban J connectivity index is 2.15. The Morgan fingerprint density at radius 3 is 2.61 bits per heavy atom. The average Bonchev–Trinajstić information content (AvgIpc) is 2.82. The van der Waals surface area contributed by atoms with Crippen LogP contribution in [0.4, 0.5) is 5.69 Å². The SMILES string of the molecule is Cc1nn(-c2ccccc2)c(C)c1NC(=O)CN(C)C(C)CO. The number of likely N-dealkylation sites (N-methyl/N-ethyl adjacent to an activating group) is 1. The second-order valence-corrected chi connectivity index (χ2v) is 5.79. The second kappa shape index (κ2) is 7.39. The van der Waals surface area contributed by atoms with E-state index in [0.29, 0.717) is 0 Å². The van der Waals surface area contributed by atoms with Crippen molar-refractivity contribution in [3.63, 3.8) is 0 Å². The summed E-state index contributed by atoms with van der Waals surface area (Å²) < 4.78 is 1.82. The molecule has 6 nitrogen and oxygen atoms in total. The lowest BCUT2D eigenvalue weighted by Crippen LogP contribution is -2.38. The zero-order valence-electron chi connectivity index (χ0n) is 14.1. The van der Waals surface area contributed by atoms with E-state index in [1.807, 2.05) is 67.7 Å². The third kappa shape index (κ3) is 3.97. The van der Waals surface area contributed by atoms with E-state index in [2.05, 4.69) is 10.4 Å². The molecule has 0 saturated heterocycles. The number of aryl methyl sites for hydroxylation is 1. The summed E-state index contributed by atoms with van der Waals surface area (Å²) in [7, 11) is 1.81. The molecule has 1 unspecified atom stereocenters. The molecular weight excluding hydrogens is 292 g/mol. The first-order chi connectivity index (χ1) is 10.9. The number of amides is 1. The van der Waals surface area contributed by atoms with Crippen LogP contribution in [0.1, 0.15) is 18.3 Å². The van der Waals surface area contributed by atoms with Crippen LogP contribution in [0.5, 0.6) is 0 Å². The first-order valence-corrected chi connectivity index (χ1v) is 7.66. The van der Waals surface area contributed by atoms with Crippen LogP contribution in [-0.4, -0.2) is 51.9 Å². The summed E-state index contributed by atoms with van der Waals surface area (Å²) in [4.78, 5) is 14.0. The lowest BCUT2D eigenvalue weighted by atomic mass is 10.2. The molecular formula is C17H24N4O2. The molecule has 0 aliphatic rings. The molecule has 0 aliphatic carbocycles. The maximum atomic E-state index is 12.2. The van der Waals surface area contributed by atoms with Crippen LogP contribution in [0.3, 0.4) is 0 Å². The van der Waals surface area contributed by atoms with Gasteiger partial charge in [0.2, 0.25) is 5.91 Å². The van der Waals surface area contributed by atoms with Crippen LogP contribution in [0.15, 0.2) is 30.3 Å². The predicted octanol–water partition coefficient (Wildman–Crippen LogP) is 1.74. The minimum Gasteiger partial charge on any atom is -0.395 e. The highest BCUT2D eigenvalue weighted by Crippen LogP contribution is 2.22. The van der Waals surface area contributed by atoms with Crippen molar-refractivity contribution < 1.29 is 9.90 Å². The summed E-state index contributed by atoms with van der Waals surface area (Å²) in [5.74, 6) is -0.119. The summed E-state index contributed by atoms with van der Waals surface area (Å²) in [5.41, 5.74) is 3.36. The molecule has 6 heteroatoms. The molecule has 1 aromatic carbocycles. The highest BCUT2D eigenvalue weighted by Gasteiger charge is 2.17. The molecule has 2 aromatic rings. The Bertz CT molecular complexity index is 667. The Morgan fingerprint density at radius 1 is 1.35 bits per heavy atom. The fourth-order valence-electron chi connectivity index (χ4n) is 2.34. The van der Waals surface area contributed by atoms with E-state index in [4.69, 9.17) is 5.11 Å². The summed E-state index contributed by atoms with van der Waals surface area (Å²) in [5, 5.41) is 16.6. The van der Waals surface area contributed by atoms with E-state index >= 15 is 0 Å². The summed E-state index contributed by atoms with van der Waals surface area (Å²) in [6.45, 7) is 5.92.